The Labute approximate surface area is 164 Å². The molecule has 0 amide bonds. The average molecular weight is 372 g/mol. The third-order valence-electron chi connectivity index (χ3n) is 6.26. The molecule has 0 aliphatic heterocycles. The van der Waals surface area contributed by atoms with Crippen LogP contribution in [0, 0.1) is 5.92 Å². The van der Waals surface area contributed by atoms with Gasteiger partial charge < -0.3 is 4.74 Å². The predicted molar refractivity (Wildman–Crippen MR) is 112 cm³/mol. The molecule has 0 aromatic carbocycles. The molecule has 1 N–H and O–H groups in total. The van der Waals surface area contributed by atoms with E-state index in [2.05, 4.69) is 42.9 Å². The number of ether oxygens (including phenoxy) is 1. The molecule has 0 saturated heterocycles. The number of aromatic nitrogens is 3. The molecule has 0 spiro atoms. The SMILES string of the molecule is CCCCC(C)(CCCC)Oc1ccnc2n[nH]c(C3CCCC(C)C3)c12. The van der Waals surface area contributed by atoms with Crippen LogP contribution in [0.25, 0.3) is 11.0 Å². The fourth-order valence-electron chi connectivity index (χ4n) is 4.61. The Balaban J connectivity index is 1.92. The number of hydrogen-bond acceptors (Lipinski definition) is 3. The highest BCUT2D eigenvalue weighted by atomic mass is 16.5. The minimum absolute atomic E-state index is 0.116. The Hall–Kier alpha value is -1.58. The fourth-order valence-corrected chi connectivity index (χ4v) is 4.61. The van der Waals surface area contributed by atoms with Crippen molar-refractivity contribution in [1.29, 1.82) is 0 Å². The van der Waals surface area contributed by atoms with Crippen molar-refractivity contribution in [3.8, 4) is 5.75 Å². The monoisotopic (exact) mass is 371 g/mol. The second-order valence-corrected chi connectivity index (χ2v) is 8.87. The molecular formula is C23H37N3O. The molecule has 4 nitrogen and oxygen atoms in total. The minimum Gasteiger partial charge on any atom is -0.487 e. The van der Waals surface area contributed by atoms with Gasteiger partial charge >= 0.3 is 0 Å². The molecule has 0 radical (unpaired) electrons. The van der Waals surface area contributed by atoms with Crippen LogP contribution in [0.15, 0.2) is 12.3 Å². The maximum Gasteiger partial charge on any atom is 0.184 e. The number of rotatable bonds is 9. The van der Waals surface area contributed by atoms with E-state index in [0.29, 0.717) is 5.92 Å². The normalized spacial score (nSPS) is 20.9. The summed E-state index contributed by atoms with van der Waals surface area (Å²) in [5.74, 6) is 2.29. The molecule has 2 aromatic heterocycles. The Morgan fingerprint density at radius 3 is 2.59 bits per heavy atom. The Morgan fingerprint density at radius 1 is 1.19 bits per heavy atom. The van der Waals surface area contributed by atoms with E-state index in [1.165, 1.54) is 57.1 Å². The Morgan fingerprint density at radius 2 is 1.93 bits per heavy atom. The van der Waals surface area contributed by atoms with Crippen molar-refractivity contribution >= 4 is 11.0 Å². The second-order valence-electron chi connectivity index (χ2n) is 8.87. The first-order valence-corrected chi connectivity index (χ1v) is 11.1. The number of aromatic amines is 1. The van der Waals surface area contributed by atoms with Crippen LogP contribution in [-0.4, -0.2) is 20.8 Å². The van der Waals surface area contributed by atoms with Crippen molar-refractivity contribution in [1.82, 2.24) is 15.2 Å². The summed E-state index contributed by atoms with van der Waals surface area (Å²) in [5.41, 5.74) is 1.93. The van der Waals surface area contributed by atoms with Gasteiger partial charge in [0.25, 0.3) is 0 Å². The lowest BCUT2D eigenvalue weighted by Crippen LogP contribution is -2.32. The van der Waals surface area contributed by atoms with Gasteiger partial charge in [-0.05, 0) is 57.4 Å². The van der Waals surface area contributed by atoms with Crippen molar-refractivity contribution in [2.45, 2.75) is 103 Å². The molecule has 2 unspecified atom stereocenters. The van der Waals surface area contributed by atoms with Crippen molar-refractivity contribution in [3.05, 3.63) is 18.0 Å². The van der Waals surface area contributed by atoms with Crippen molar-refractivity contribution in [2.24, 2.45) is 5.92 Å². The van der Waals surface area contributed by atoms with Crippen molar-refractivity contribution in [3.63, 3.8) is 0 Å². The first-order chi connectivity index (χ1) is 13.1. The van der Waals surface area contributed by atoms with Crippen molar-refractivity contribution in [2.75, 3.05) is 0 Å². The van der Waals surface area contributed by atoms with E-state index < -0.39 is 0 Å². The molecule has 2 atom stereocenters. The molecule has 2 aromatic rings. The van der Waals surface area contributed by atoms with Crippen LogP contribution in [-0.2, 0) is 0 Å². The third-order valence-corrected chi connectivity index (χ3v) is 6.26. The summed E-state index contributed by atoms with van der Waals surface area (Å²) in [7, 11) is 0. The average Bonchev–Trinajstić information content (AvgIpc) is 3.10. The molecule has 27 heavy (non-hydrogen) atoms. The summed E-state index contributed by atoms with van der Waals surface area (Å²) in [6, 6.07) is 2.05. The standard InChI is InChI=1S/C23H37N3O/c1-5-7-13-23(4,14-8-6-2)27-19-12-15-24-22-20(19)21(25-26-22)18-11-9-10-17(3)16-18/h12,15,17-18H,5-11,13-14,16H2,1-4H3,(H,24,25,26). The zero-order valence-corrected chi connectivity index (χ0v) is 17.7. The topological polar surface area (TPSA) is 50.8 Å². The van der Waals surface area contributed by atoms with Gasteiger partial charge in [0.15, 0.2) is 5.65 Å². The van der Waals surface area contributed by atoms with E-state index in [4.69, 9.17) is 4.74 Å². The van der Waals surface area contributed by atoms with Crippen LogP contribution in [0.3, 0.4) is 0 Å². The Bertz CT molecular complexity index is 715. The van der Waals surface area contributed by atoms with Gasteiger partial charge in [-0.3, -0.25) is 5.10 Å². The summed E-state index contributed by atoms with van der Waals surface area (Å²) in [6.07, 6.45) is 14.0. The van der Waals surface area contributed by atoms with Crippen LogP contribution in [0.1, 0.15) is 104 Å². The third kappa shape index (κ3) is 4.83. The molecule has 150 valence electrons. The highest BCUT2D eigenvalue weighted by Gasteiger charge is 2.29. The number of nitrogens with one attached hydrogen (secondary N) is 1. The van der Waals surface area contributed by atoms with Gasteiger partial charge in [0.05, 0.1) is 11.1 Å². The summed E-state index contributed by atoms with van der Waals surface area (Å²) < 4.78 is 6.74. The number of fused-ring (bicyclic) bond motifs is 1. The van der Waals surface area contributed by atoms with Crippen LogP contribution in [0.5, 0.6) is 5.75 Å². The lowest BCUT2D eigenvalue weighted by atomic mass is 9.80. The Kier molecular flexibility index (Phi) is 6.78. The molecule has 0 bridgehead atoms. The number of pyridine rings is 1. The highest BCUT2D eigenvalue weighted by Crippen LogP contribution is 2.41. The van der Waals surface area contributed by atoms with Gasteiger partial charge in [0, 0.05) is 12.1 Å². The van der Waals surface area contributed by atoms with E-state index in [1.54, 1.807) is 0 Å². The molecule has 1 saturated carbocycles. The number of unbranched alkanes of at least 4 members (excludes halogenated alkanes) is 2. The lowest BCUT2D eigenvalue weighted by molar-refractivity contribution is 0.0664. The van der Waals surface area contributed by atoms with E-state index >= 15 is 0 Å². The van der Waals surface area contributed by atoms with Gasteiger partial charge in [-0.25, -0.2) is 4.98 Å². The van der Waals surface area contributed by atoms with Crippen LogP contribution in [0.2, 0.25) is 0 Å². The summed E-state index contributed by atoms with van der Waals surface area (Å²) >= 11 is 0. The van der Waals surface area contributed by atoms with Gasteiger partial charge in [-0.15, -0.1) is 0 Å². The van der Waals surface area contributed by atoms with E-state index in [1.807, 2.05) is 12.3 Å². The number of nitrogens with zero attached hydrogens (tertiary/aromatic N) is 2. The molecular weight excluding hydrogens is 334 g/mol. The van der Waals surface area contributed by atoms with Gasteiger partial charge in [0.2, 0.25) is 0 Å². The van der Waals surface area contributed by atoms with E-state index in [9.17, 15) is 0 Å². The number of H-pyrrole nitrogens is 1. The summed E-state index contributed by atoms with van der Waals surface area (Å²) in [4.78, 5) is 4.51. The van der Waals surface area contributed by atoms with Crippen LogP contribution in [0.4, 0.5) is 0 Å². The van der Waals surface area contributed by atoms with Gasteiger partial charge in [0.1, 0.15) is 11.4 Å². The zero-order chi connectivity index (χ0) is 19.3. The molecule has 2 heterocycles. The maximum absolute atomic E-state index is 6.74. The van der Waals surface area contributed by atoms with E-state index in [-0.39, 0.29) is 5.60 Å². The summed E-state index contributed by atoms with van der Waals surface area (Å²) in [6.45, 7) is 9.16. The van der Waals surface area contributed by atoms with Crippen LogP contribution >= 0.6 is 0 Å². The van der Waals surface area contributed by atoms with Crippen molar-refractivity contribution < 1.29 is 4.74 Å². The first-order valence-electron chi connectivity index (χ1n) is 11.1. The second kappa shape index (κ2) is 9.07. The molecule has 1 aliphatic rings. The maximum atomic E-state index is 6.74. The summed E-state index contributed by atoms with van der Waals surface area (Å²) in [5, 5.41) is 8.96. The highest BCUT2D eigenvalue weighted by molar-refractivity contribution is 5.85. The number of hydrogen-bond donors (Lipinski definition) is 1. The molecule has 1 fully saturated rings. The lowest BCUT2D eigenvalue weighted by Gasteiger charge is -2.32. The predicted octanol–water partition coefficient (Wildman–Crippen LogP) is 6.77. The largest absolute Gasteiger partial charge is 0.487 e. The van der Waals surface area contributed by atoms with Crippen LogP contribution < -0.4 is 4.74 Å². The van der Waals surface area contributed by atoms with Gasteiger partial charge in [-0.2, -0.15) is 5.10 Å². The van der Waals surface area contributed by atoms with Gasteiger partial charge in [-0.1, -0.05) is 46.5 Å². The zero-order valence-electron chi connectivity index (χ0n) is 17.7. The fraction of sp³-hybridized carbons (Fsp3) is 0.739. The smallest absolute Gasteiger partial charge is 0.184 e. The first kappa shape index (κ1) is 20.2. The minimum atomic E-state index is -0.116. The van der Waals surface area contributed by atoms with E-state index in [0.717, 1.165) is 35.5 Å². The quantitative estimate of drug-likeness (QED) is 0.529. The molecule has 1 aliphatic carbocycles. The molecule has 4 heteroatoms. The molecule has 3 rings (SSSR count).